The average Bonchev–Trinajstić information content (AvgIpc) is 3.26. The second-order valence-electron chi connectivity index (χ2n) is 5.70. The number of likely N-dealkylation sites (tertiary alicyclic amines) is 1. The number of nitrogens with zero attached hydrogens (tertiary/aromatic N) is 2. The molecular formula is C17H19N3O4. The van der Waals surface area contributed by atoms with E-state index < -0.39 is 5.91 Å². The van der Waals surface area contributed by atoms with Crippen LogP contribution in [-0.4, -0.2) is 40.9 Å². The van der Waals surface area contributed by atoms with E-state index in [1.165, 1.54) is 10.6 Å². The zero-order valence-corrected chi connectivity index (χ0v) is 13.2. The molecule has 0 unspecified atom stereocenters. The van der Waals surface area contributed by atoms with Crippen molar-refractivity contribution in [1.82, 2.24) is 14.8 Å². The Kier molecular flexibility index (Phi) is 4.79. The molecule has 1 saturated heterocycles. The van der Waals surface area contributed by atoms with Crippen molar-refractivity contribution >= 4 is 11.8 Å². The Bertz CT molecular complexity index is 787. The first-order chi connectivity index (χ1) is 11.6. The normalized spacial score (nSPS) is 13.9. The molecule has 0 atom stereocenters. The van der Waals surface area contributed by atoms with E-state index in [1.807, 2.05) is 0 Å². The quantitative estimate of drug-likeness (QED) is 0.881. The fourth-order valence-electron chi connectivity index (χ4n) is 2.67. The van der Waals surface area contributed by atoms with Crippen molar-refractivity contribution in [3.8, 4) is 0 Å². The van der Waals surface area contributed by atoms with E-state index >= 15 is 0 Å². The lowest BCUT2D eigenvalue weighted by molar-refractivity contribution is -0.129. The molecule has 0 saturated carbocycles. The van der Waals surface area contributed by atoms with Crippen molar-refractivity contribution < 1.29 is 14.0 Å². The van der Waals surface area contributed by atoms with Gasteiger partial charge in [0.15, 0.2) is 5.76 Å². The number of aromatic nitrogens is 1. The summed E-state index contributed by atoms with van der Waals surface area (Å²) in [6.45, 7) is 1.73. The van der Waals surface area contributed by atoms with E-state index in [0.29, 0.717) is 5.76 Å². The van der Waals surface area contributed by atoms with E-state index in [2.05, 4.69) is 5.32 Å². The summed E-state index contributed by atoms with van der Waals surface area (Å²) >= 11 is 0. The summed E-state index contributed by atoms with van der Waals surface area (Å²) in [6.07, 6.45) is 3.68. The number of carbonyl (C=O) groups is 2. The Morgan fingerprint density at radius 1 is 1.12 bits per heavy atom. The predicted octanol–water partition coefficient (Wildman–Crippen LogP) is 0.842. The molecule has 7 heteroatoms. The van der Waals surface area contributed by atoms with Gasteiger partial charge < -0.3 is 19.2 Å². The minimum atomic E-state index is -0.436. The molecule has 2 aromatic heterocycles. The minimum absolute atomic E-state index is 0.0347. The van der Waals surface area contributed by atoms with Crippen molar-refractivity contribution in [1.29, 1.82) is 0 Å². The molecule has 1 aliphatic heterocycles. The zero-order valence-electron chi connectivity index (χ0n) is 13.2. The van der Waals surface area contributed by atoms with E-state index in [-0.39, 0.29) is 30.3 Å². The highest BCUT2D eigenvalue weighted by atomic mass is 16.4. The number of amides is 2. The van der Waals surface area contributed by atoms with E-state index in [9.17, 15) is 14.4 Å². The number of pyridine rings is 1. The molecule has 2 amide bonds. The van der Waals surface area contributed by atoms with Crippen LogP contribution >= 0.6 is 0 Å². The van der Waals surface area contributed by atoms with Crippen LogP contribution in [0.15, 0.2) is 45.7 Å². The van der Waals surface area contributed by atoms with Gasteiger partial charge in [-0.05, 0) is 31.0 Å². The SMILES string of the molecule is O=C(NCC(=O)N1CCCC1)c1ccc(Cn2ccccc2=O)o1. The van der Waals surface area contributed by atoms with Gasteiger partial charge in [0.2, 0.25) is 5.91 Å². The number of nitrogens with one attached hydrogen (secondary N) is 1. The Hall–Kier alpha value is -2.83. The molecule has 0 aliphatic carbocycles. The molecule has 2 aromatic rings. The number of carbonyl (C=O) groups excluding carboxylic acids is 2. The molecule has 3 heterocycles. The summed E-state index contributed by atoms with van der Waals surface area (Å²) in [4.78, 5) is 37.4. The molecule has 3 rings (SSSR count). The van der Waals surface area contributed by atoms with Crippen LogP contribution in [0, 0.1) is 0 Å². The summed E-state index contributed by atoms with van der Waals surface area (Å²) in [5.41, 5.74) is -0.142. The van der Waals surface area contributed by atoms with Gasteiger partial charge in [0.05, 0.1) is 13.1 Å². The minimum Gasteiger partial charge on any atom is -0.454 e. The molecule has 0 radical (unpaired) electrons. The third-order valence-electron chi connectivity index (χ3n) is 3.97. The maximum atomic E-state index is 12.1. The van der Waals surface area contributed by atoms with E-state index in [4.69, 9.17) is 4.42 Å². The van der Waals surface area contributed by atoms with Crippen LogP contribution in [0.1, 0.15) is 29.2 Å². The molecular weight excluding hydrogens is 310 g/mol. The van der Waals surface area contributed by atoms with Crippen molar-refractivity contribution in [2.45, 2.75) is 19.4 Å². The lowest BCUT2D eigenvalue weighted by Gasteiger charge is -2.14. The van der Waals surface area contributed by atoms with E-state index in [1.54, 1.807) is 35.4 Å². The Morgan fingerprint density at radius 2 is 1.92 bits per heavy atom. The molecule has 7 nitrogen and oxygen atoms in total. The Labute approximate surface area is 138 Å². The van der Waals surface area contributed by atoms with Crippen LogP contribution in [0.4, 0.5) is 0 Å². The first kappa shape index (κ1) is 16.0. The van der Waals surface area contributed by atoms with Gasteiger partial charge in [0.25, 0.3) is 11.5 Å². The van der Waals surface area contributed by atoms with Gasteiger partial charge in [0, 0.05) is 25.4 Å². The standard InChI is InChI=1S/C17H19N3O4/c21-15-5-1-2-10-20(15)12-13-6-7-14(24-13)17(23)18-11-16(22)19-8-3-4-9-19/h1-2,5-7,10H,3-4,8-9,11-12H2,(H,18,23). The second-order valence-corrected chi connectivity index (χ2v) is 5.70. The topological polar surface area (TPSA) is 84.5 Å². The predicted molar refractivity (Wildman–Crippen MR) is 86.7 cm³/mol. The maximum Gasteiger partial charge on any atom is 0.287 e. The smallest absolute Gasteiger partial charge is 0.287 e. The van der Waals surface area contributed by atoms with Crippen molar-refractivity contribution in [2.75, 3.05) is 19.6 Å². The van der Waals surface area contributed by atoms with Crippen molar-refractivity contribution in [3.63, 3.8) is 0 Å². The van der Waals surface area contributed by atoms with Gasteiger partial charge in [-0.15, -0.1) is 0 Å². The van der Waals surface area contributed by atoms with Gasteiger partial charge in [-0.3, -0.25) is 14.4 Å². The fraction of sp³-hybridized carbons (Fsp3) is 0.353. The van der Waals surface area contributed by atoms with Crippen LogP contribution in [0.3, 0.4) is 0 Å². The van der Waals surface area contributed by atoms with Crippen LogP contribution in [0.2, 0.25) is 0 Å². The molecule has 1 fully saturated rings. The summed E-state index contributed by atoms with van der Waals surface area (Å²) < 4.78 is 6.95. The number of hydrogen-bond acceptors (Lipinski definition) is 4. The average molecular weight is 329 g/mol. The first-order valence-electron chi connectivity index (χ1n) is 7.93. The van der Waals surface area contributed by atoms with Crippen LogP contribution in [-0.2, 0) is 11.3 Å². The molecule has 1 N–H and O–H groups in total. The summed E-state index contributed by atoms with van der Waals surface area (Å²) in [5, 5.41) is 2.57. The number of furan rings is 1. The third kappa shape index (κ3) is 3.73. The molecule has 0 spiro atoms. The third-order valence-corrected chi connectivity index (χ3v) is 3.97. The zero-order chi connectivity index (χ0) is 16.9. The van der Waals surface area contributed by atoms with E-state index in [0.717, 1.165) is 25.9 Å². The van der Waals surface area contributed by atoms with Crippen molar-refractivity contribution in [2.24, 2.45) is 0 Å². The largest absolute Gasteiger partial charge is 0.454 e. The van der Waals surface area contributed by atoms with Crippen molar-refractivity contribution in [3.05, 3.63) is 58.4 Å². The summed E-state index contributed by atoms with van der Waals surface area (Å²) in [7, 11) is 0. The molecule has 0 bridgehead atoms. The van der Waals surface area contributed by atoms with Crippen LogP contribution < -0.4 is 10.9 Å². The lowest BCUT2D eigenvalue weighted by Crippen LogP contribution is -2.38. The second kappa shape index (κ2) is 7.16. The first-order valence-corrected chi connectivity index (χ1v) is 7.93. The highest BCUT2D eigenvalue weighted by Gasteiger charge is 2.19. The number of rotatable bonds is 5. The van der Waals surface area contributed by atoms with Gasteiger partial charge in [-0.1, -0.05) is 6.07 Å². The Morgan fingerprint density at radius 3 is 2.67 bits per heavy atom. The fourth-order valence-corrected chi connectivity index (χ4v) is 2.67. The molecule has 0 aromatic carbocycles. The van der Waals surface area contributed by atoms with Gasteiger partial charge >= 0.3 is 0 Å². The highest BCUT2D eigenvalue weighted by molar-refractivity contribution is 5.94. The number of hydrogen-bond donors (Lipinski definition) is 1. The van der Waals surface area contributed by atoms with Crippen LogP contribution in [0.5, 0.6) is 0 Å². The van der Waals surface area contributed by atoms with Crippen LogP contribution in [0.25, 0.3) is 0 Å². The van der Waals surface area contributed by atoms with Gasteiger partial charge in [0.1, 0.15) is 5.76 Å². The highest BCUT2D eigenvalue weighted by Crippen LogP contribution is 2.10. The monoisotopic (exact) mass is 329 g/mol. The lowest BCUT2D eigenvalue weighted by atomic mass is 10.4. The maximum absolute atomic E-state index is 12.1. The van der Waals surface area contributed by atoms with Gasteiger partial charge in [-0.2, -0.15) is 0 Å². The summed E-state index contributed by atoms with van der Waals surface area (Å²) in [5.74, 6) is 0.111. The Balaban J connectivity index is 1.56. The molecule has 24 heavy (non-hydrogen) atoms. The molecule has 126 valence electrons. The van der Waals surface area contributed by atoms with Gasteiger partial charge in [-0.25, -0.2) is 0 Å². The molecule has 1 aliphatic rings. The summed E-state index contributed by atoms with van der Waals surface area (Å²) in [6, 6.07) is 8.06.